The largest absolute Gasteiger partial charge is 0.308 e. The number of aromatic nitrogens is 2. The first-order valence-corrected chi connectivity index (χ1v) is 6.31. The summed E-state index contributed by atoms with van der Waals surface area (Å²) in [5, 5.41) is 7.72. The fourth-order valence-corrected chi connectivity index (χ4v) is 2.23. The standard InChI is InChI=1S/C15H21N3/c1-11-5-12(2)7-14(6-11)8-16-9-15-10-17-18(4)13(15)3/h5-7,10,16H,8-9H2,1-4H3. The summed E-state index contributed by atoms with van der Waals surface area (Å²) in [6.07, 6.45) is 1.93. The molecular weight excluding hydrogens is 222 g/mol. The van der Waals surface area contributed by atoms with Gasteiger partial charge in [0.1, 0.15) is 0 Å². The van der Waals surface area contributed by atoms with Crippen LogP contribution in [0.25, 0.3) is 0 Å². The minimum Gasteiger partial charge on any atom is -0.308 e. The molecule has 1 N–H and O–H groups in total. The summed E-state index contributed by atoms with van der Waals surface area (Å²) < 4.78 is 1.91. The van der Waals surface area contributed by atoms with Gasteiger partial charge in [-0.05, 0) is 26.3 Å². The van der Waals surface area contributed by atoms with Crippen LogP contribution in [-0.2, 0) is 20.1 Å². The molecule has 0 radical (unpaired) electrons. The first kappa shape index (κ1) is 12.8. The van der Waals surface area contributed by atoms with Gasteiger partial charge in [-0.3, -0.25) is 4.68 Å². The van der Waals surface area contributed by atoms with E-state index < -0.39 is 0 Å². The Labute approximate surface area is 109 Å². The number of nitrogens with one attached hydrogen (secondary N) is 1. The Morgan fingerprint density at radius 1 is 1.06 bits per heavy atom. The van der Waals surface area contributed by atoms with Gasteiger partial charge in [-0.15, -0.1) is 0 Å². The number of rotatable bonds is 4. The van der Waals surface area contributed by atoms with Gasteiger partial charge in [0.2, 0.25) is 0 Å². The summed E-state index contributed by atoms with van der Waals surface area (Å²) >= 11 is 0. The summed E-state index contributed by atoms with van der Waals surface area (Å²) in [5.74, 6) is 0. The Bertz CT molecular complexity index is 520. The lowest BCUT2D eigenvalue weighted by Crippen LogP contribution is -2.13. The molecular formula is C15H21N3. The Balaban J connectivity index is 1.94. The second kappa shape index (κ2) is 5.36. The van der Waals surface area contributed by atoms with E-state index in [4.69, 9.17) is 0 Å². The maximum Gasteiger partial charge on any atom is 0.0537 e. The molecule has 0 aliphatic heterocycles. The van der Waals surface area contributed by atoms with Crippen molar-refractivity contribution in [2.45, 2.75) is 33.9 Å². The van der Waals surface area contributed by atoms with E-state index in [0.29, 0.717) is 0 Å². The van der Waals surface area contributed by atoms with Crippen molar-refractivity contribution in [1.82, 2.24) is 15.1 Å². The molecule has 0 bridgehead atoms. The average Bonchev–Trinajstić information content (AvgIpc) is 2.59. The summed E-state index contributed by atoms with van der Waals surface area (Å²) in [5.41, 5.74) is 6.48. The van der Waals surface area contributed by atoms with Crippen molar-refractivity contribution in [3.8, 4) is 0 Å². The monoisotopic (exact) mass is 243 g/mol. The van der Waals surface area contributed by atoms with Crippen molar-refractivity contribution >= 4 is 0 Å². The van der Waals surface area contributed by atoms with Crippen LogP contribution in [0, 0.1) is 20.8 Å². The van der Waals surface area contributed by atoms with E-state index in [2.05, 4.69) is 49.4 Å². The van der Waals surface area contributed by atoms with Crippen molar-refractivity contribution in [3.63, 3.8) is 0 Å². The SMILES string of the molecule is Cc1cc(C)cc(CNCc2cnn(C)c2C)c1. The second-order valence-electron chi connectivity index (χ2n) is 4.98. The lowest BCUT2D eigenvalue weighted by molar-refractivity contribution is 0.684. The van der Waals surface area contributed by atoms with Crippen LogP contribution in [0.2, 0.25) is 0 Å². The lowest BCUT2D eigenvalue weighted by atomic mass is 10.1. The van der Waals surface area contributed by atoms with Gasteiger partial charge in [0.05, 0.1) is 6.20 Å². The van der Waals surface area contributed by atoms with Gasteiger partial charge in [-0.1, -0.05) is 29.3 Å². The third-order valence-corrected chi connectivity index (χ3v) is 3.26. The minimum absolute atomic E-state index is 0.868. The molecule has 18 heavy (non-hydrogen) atoms. The molecule has 0 saturated heterocycles. The molecule has 0 aliphatic carbocycles. The fourth-order valence-electron chi connectivity index (χ4n) is 2.23. The van der Waals surface area contributed by atoms with Crippen LogP contribution >= 0.6 is 0 Å². The quantitative estimate of drug-likeness (QED) is 0.894. The topological polar surface area (TPSA) is 29.9 Å². The normalized spacial score (nSPS) is 10.9. The zero-order valence-electron chi connectivity index (χ0n) is 11.6. The molecule has 1 heterocycles. The molecule has 2 aromatic rings. The van der Waals surface area contributed by atoms with Crippen LogP contribution in [0.4, 0.5) is 0 Å². The van der Waals surface area contributed by atoms with Crippen LogP contribution in [-0.4, -0.2) is 9.78 Å². The number of benzene rings is 1. The predicted molar refractivity (Wildman–Crippen MR) is 74.4 cm³/mol. The molecule has 1 aromatic heterocycles. The number of hydrogen-bond donors (Lipinski definition) is 1. The van der Waals surface area contributed by atoms with Gasteiger partial charge >= 0.3 is 0 Å². The van der Waals surface area contributed by atoms with Crippen molar-refractivity contribution in [2.75, 3.05) is 0 Å². The summed E-state index contributed by atoms with van der Waals surface area (Å²) in [4.78, 5) is 0. The Kier molecular flexibility index (Phi) is 3.82. The molecule has 3 heteroatoms. The van der Waals surface area contributed by atoms with Crippen molar-refractivity contribution in [1.29, 1.82) is 0 Å². The molecule has 0 unspecified atom stereocenters. The van der Waals surface area contributed by atoms with Crippen LogP contribution in [0.5, 0.6) is 0 Å². The Morgan fingerprint density at radius 2 is 1.72 bits per heavy atom. The molecule has 2 rings (SSSR count). The van der Waals surface area contributed by atoms with Gasteiger partial charge in [-0.25, -0.2) is 0 Å². The van der Waals surface area contributed by atoms with Crippen LogP contribution in [0.3, 0.4) is 0 Å². The van der Waals surface area contributed by atoms with Gasteiger partial charge in [0, 0.05) is 31.4 Å². The predicted octanol–water partition coefficient (Wildman–Crippen LogP) is 2.64. The van der Waals surface area contributed by atoms with Crippen LogP contribution in [0.1, 0.15) is 27.9 Å². The van der Waals surface area contributed by atoms with Crippen LogP contribution in [0.15, 0.2) is 24.4 Å². The van der Waals surface area contributed by atoms with Gasteiger partial charge < -0.3 is 5.32 Å². The van der Waals surface area contributed by atoms with Gasteiger partial charge in [0.25, 0.3) is 0 Å². The number of aryl methyl sites for hydroxylation is 3. The molecule has 0 fully saturated rings. The average molecular weight is 243 g/mol. The second-order valence-corrected chi connectivity index (χ2v) is 4.98. The molecule has 0 spiro atoms. The molecule has 0 aliphatic rings. The zero-order valence-corrected chi connectivity index (χ0v) is 11.6. The van der Waals surface area contributed by atoms with Crippen molar-refractivity contribution in [2.24, 2.45) is 7.05 Å². The molecule has 0 atom stereocenters. The summed E-state index contributed by atoms with van der Waals surface area (Å²) in [6.45, 7) is 8.15. The molecule has 3 nitrogen and oxygen atoms in total. The lowest BCUT2D eigenvalue weighted by Gasteiger charge is -2.07. The smallest absolute Gasteiger partial charge is 0.0537 e. The van der Waals surface area contributed by atoms with E-state index in [1.54, 1.807) is 0 Å². The van der Waals surface area contributed by atoms with E-state index in [-0.39, 0.29) is 0 Å². The minimum atomic E-state index is 0.868. The van der Waals surface area contributed by atoms with Crippen molar-refractivity contribution < 1.29 is 0 Å². The highest BCUT2D eigenvalue weighted by Crippen LogP contribution is 2.09. The molecule has 0 amide bonds. The Morgan fingerprint density at radius 3 is 2.28 bits per heavy atom. The first-order valence-electron chi connectivity index (χ1n) is 6.31. The van der Waals surface area contributed by atoms with E-state index in [1.807, 2.05) is 17.9 Å². The summed E-state index contributed by atoms with van der Waals surface area (Å²) in [7, 11) is 1.97. The van der Waals surface area contributed by atoms with E-state index in [0.717, 1.165) is 13.1 Å². The van der Waals surface area contributed by atoms with Gasteiger partial charge in [0.15, 0.2) is 0 Å². The van der Waals surface area contributed by atoms with E-state index in [1.165, 1.54) is 27.9 Å². The third kappa shape index (κ3) is 2.99. The first-order chi connectivity index (χ1) is 8.56. The van der Waals surface area contributed by atoms with E-state index in [9.17, 15) is 0 Å². The maximum atomic E-state index is 4.25. The highest BCUT2D eigenvalue weighted by molar-refractivity contribution is 5.28. The van der Waals surface area contributed by atoms with Gasteiger partial charge in [-0.2, -0.15) is 5.10 Å². The fraction of sp³-hybridized carbons (Fsp3) is 0.400. The molecule has 96 valence electrons. The third-order valence-electron chi connectivity index (χ3n) is 3.26. The maximum absolute atomic E-state index is 4.25. The molecule has 0 saturated carbocycles. The Hall–Kier alpha value is -1.61. The van der Waals surface area contributed by atoms with Crippen LogP contribution < -0.4 is 5.32 Å². The van der Waals surface area contributed by atoms with E-state index >= 15 is 0 Å². The van der Waals surface area contributed by atoms with Crippen molar-refractivity contribution in [3.05, 3.63) is 52.3 Å². The number of hydrogen-bond acceptors (Lipinski definition) is 2. The summed E-state index contributed by atoms with van der Waals surface area (Å²) in [6, 6.07) is 6.67. The zero-order chi connectivity index (χ0) is 13.1. The highest BCUT2D eigenvalue weighted by atomic mass is 15.3. The highest BCUT2D eigenvalue weighted by Gasteiger charge is 2.03. The number of nitrogens with zero attached hydrogens (tertiary/aromatic N) is 2. The molecule has 1 aromatic carbocycles.